The number of para-hydroxylation sites is 1. The van der Waals surface area contributed by atoms with Crippen LogP contribution in [0.5, 0.6) is 0 Å². The fraction of sp³-hybridized carbons (Fsp3) is 0.222. The highest BCUT2D eigenvalue weighted by Crippen LogP contribution is 2.40. The van der Waals surface area contributed by atoms with E-state index < -0.39 is 0 Å². The minimum atomic E-state index is -0.231. The summed E-state index contributed by atoms with van der Waals surface area (Å²) in [6.45, 7) is 2.00. The van der Waals surface area contributed by atoms with Crippen LogP contribution in [0.15, 0.2) is 54.6 Å². The van der Waals surface area contributed by atoms with Gasteiger partial charge in [0.2, 0.25) is 11.8 Å². The third-order valence-corrected chi connectivity index (χ3v) is 3.82. The van der Waals surface area contributed by atoms with E-state index in [1.54, 1.807) is 0 Å². The highest BCUT2D eigenvalue weighted by atomic mass is 16.2. The average Bonchev–Trinajstić information content (AvgIpc) is 3.31. The maximum absolute atomic E-state index is 12.1. The Kier molecular flexibility index (Phi) is 3.92. The van der Waals surface area contributed by atoms with Gasteiger partial charge in [-0.1, -0.05) is 35.9 Å². The van der Waals surface area contributed by atoms with Crippen LogP contribution in [0.4, 0.5) is 11.4 Å². The number of carbonyl (C=O) groups excluding carboxylic acids is 2. The van der Waals surface area contributed by atoms with Crippen LogP contribution in [0.3, 0.4) is 0 Å². The predicted octanol–water partition coefficient (Wildman–Crippen LogP) is 3.21. The number of benzene rings is 2. The van der Waals surface area contributed by atoms with Gasteiger partial charge >= 0.3 is 0 Å². The lowest BCUT2D eigenvalue weighted by Crippen LogP contribution is -2.20. The summed E-state index contributed by atoms with van der Waals surface area (Å²) < 4.78 is 0. The highest BCUT2D eigenvalue weighted by molar-refractivity contribution is 6.03. The number of aryl methyl sites for hydroxylation is 1. The van der Waals surface area contributed by atoms with Crippen molar-refractivity contribution in [2.24, 2.45) is 11.8 Å². The van der Waals surface area contributed by atoms with Gasteiger partial charge in [0.25, 0.3) is 0 Å². The lowest BCUT2D eigenvalue weighted by molar-refractivity contribution is -0.122. The summed E-state index contributed by atoms with van der Waals surface area (Å²) in [7, 11) is 0. The Balaban J connectivity index is 1.54. The molecule has 1 aliphatic carbocycles. The van der Waals surface area contributed by atoms with E-state index in [0.29, 0.717) is 6.42 Å². The molecule has 2 unspecified atom stereocenters. The van der Waals surface area contributed by atoms with Crippen LogP contribution >= 0.6 is 0 Å². The fourth-order valence-electron chi connectivity index (χ4n) is 2.40. The maximum Gasteiger partial charge on any atom is 0.228 e. The van der Waals surface area contributed by atoms with Crippen molar-refractivity contribution in [2.45, 2.75) is 13.3 Å². The molecule has 2 amide bonds. The zero-order valence-corrected chi connectivity index (χ0v) is 12.4. The molecule has 0 heterocycles. The summed E-state index contributed by atoms with van der Waals surface area (Å²) in [5.74, 6) is -0.636. The predicted molar refractivity (Wildman–Crippen MR) is 86.5 cm³/mol. The van der Waals surface area contributed by atoms with Crippen molar-refractivity contribution in [3.63, 3.8) is 0 Å². The number of nitrogens with one attached hydrogen (secondary N) is 2. The van der Waals surface area contributed by atoms with Crippen LogP contribution in [0.2, 0.25) is 0 Å². The summed E-state index contributed by atoms with van der Waals surface area (Å²) in [6, 6.07) is 16.9. The largest absolute Gasteiger partial charge is 0.326 e. The molecule has 0 aliphatic heterocycles. The van der Waals surface area contributed by atoms with Crippen molar-refractivity contribution in [2.75, 3.05) is 10.6 Å². The SMILES string of the molecule is Cc1ccc(NC(=O)C2CC2C(=O)Nc2ccccc2)cc1. The number of rotatable bonds is 4. The molecule has 4 nitrogen and oxygen atoms in total. The lowest BCUT2D eigenvalue weighted by atomic mass is 10.2. The monoisotopic (exact) mass is 294 g/mol. The second-order valence-corrected chi connectivity index (χ2v) is 5.66. The molecule has 2 N–H and O–H groups in total. The summed E-state index contributed by atoms with van der Waals surface area (Å²) in [5, 5.41) is 5.70. The van der Waals surface area contributed by atoms with E-state index in [-0.39, 0.29) is 23.7 Å². The third-order valence-electron chi connectivity index (χ3n) is 3.82. The topological polar surface area (TPSA) is 58.2 Å². The molecule has 1 aliphatic rings. The van der Waals surface area contributed by atoms with Crippen molar-refractivity contribution in [1.82, 2.24) is 0 Å². The maximum atomic E-state index is 12.1. The van der Waals surface area contributed by atoms with Crippen molar-refractivity contribution in [3.05, 3.63) is 60.2 Å². The minimum absolute atomic E-state index is 0.0861. The molecule has 3 rings (SSSR count). The highest BCUT2D eigenvalue weighted by Gasteiger charge is 2.48. The molecule has 2 aromatic rings. The van der Waals surface area contributed by atoms with Gasteiger partial charge in [0.15, 0.2) is 0 Å². The number of carbonyl (C=O) groups is 2. The number of hydrogen-bond acceptors (Lipinski definition) is 2. The molecule has 2 aromatic carbocycles. The van der Waals surface area contributed by atoms with Crippen LogP contribution in [0.25, 0.3) is 0 Å². The van der Waals surface area contributed by atoms with Gasteiger partial charge in [-0.3, -0.25) is 9.59 Å². The standard InChI is InChI=1S/C18H18N2O2/c1-12-7-9-14(10-8-12)20-18(22)16-11-15(16)17(21)19-13-5-3-2-4-6-13/h2-10,15-16H,11H2,1H3,(H,19,21)(H,20,22). The molecule has 112 valence electrons. The Hall–Kier alpha value is -2.62. The molecule has 0 radical (unpaired) electrons. The molecule has 0 spiro atoms. The molecular formula is C18H18N2O2. The normalized spacial score (nSPS) is 19.3. The van der Waals surface area contributed by atoms with Gasteiger partial charge in [-0.05, 0) is 37.6 Å². The minimum Gasteiger partial charge on any atom is -0.326 e. The van der Waals surface area contributed by atoms with Gasteiger partial charge in [-0.2, -0.15) is 0 Å². The van der Waals surface area contributed by atoms with E-state index >= 15 is 0 Å². The zero-order chi connectivity index (χ0) is 15.5. The molecule has 0 saturated heterocycles. The van der Waals surface area contributed by atoms with Crippen LogP contribution in [-0.2, 0) is 9.59 Å². The first-order valence-corrected chi connectivity index (χ1v) is 7.37. The second-order valence-electron chi connectivity index (χ2n) is 5.66. The van der Waals surface area contributed by atoms with Crippen molar-refractivity contribution >= 4 is 23.2 Å². The van der Waals surface area contributed by atoms with Gasteiger partial charge in [-0.15, -0.1) is 0 Å². The van der Waals surface area contributed by atoms with Gasteiger partial charge < -0.3 is 10.6 Å². The molecule has 0 bridgehead atoms. The van der Waals surface area contributed by atoms with Crippen molar-refractivity contribution in [3.8, 4) is 0 Å². The van der Waals surface area contributed by atoms with Gasteiger partial charge in [-0.25, -0.2) is 0 Å². The van der Waals surface area contributed by atoms with E-state index in [9.17, 15) is 9.59 Å². The van der Waals surface area contributed by atoms with Crippen LogP contribution < -0.4 is 10.6 Å². The summed E-state index contributed by atoms with van der Waals surface area (Å²) in [4.78, 5) is 24.2. The van der Waals surface area contributed by atoms with E-state index in [4.69, 9.17) is 0 Å². The summed E-state index contributed by atoms with van der Waals surface area (Å²) in [5.41, 5.74) is 2.67. The van der Waals surface area contributed by atoms with Crippen LogP contribution in [0.1, 0.15) is 12.0 Å². The Labute approximate surface area is 129 Å². The van der Waals surface area contributed by atoms with E-state index in [2.05, 4.69) is 10.6 Å². The zero-order valence-electron chi connectivity index (χ0n) is 12.4. The fourth-order valence-corrected chi connectivity index (χ4v) is 2.40. The summed E-state index contributed by atoms with van der Waals surface area (Å²) in [6.07, 6.45) is 0.608. The molecule has 4 heteroatoms. The second kappa shape index (κ2) is 6.02. The first-order chi connectivity index (χ1) is 10.6. The van der Waals surface area contributed by atoms with E-state index in [0.717, 1.165) is 16.9 Å². The first-order valence-electron chi connectivity index (χ1n) is 7.37. The smallest absolute Gasteiger partial charge is 0.228 e. The quantitative estimate of drug-likeness (QED) is 0.909. The first kappa shape index (κ1) is 14.3. The van der Waals surface area contributed by atoms with E-state index in [1.165, 1.54) is 0 Å². The Morgan fingerprint density at radius 1 is 0.818 bits per heavy atom. The third kappa shape index (κ3) is 3.34. The Bertz CT molecular complexity index is 680. The Morgan fingerprint density at radius 3 is 1.86 bits per heavy atom. The molecule has 0 aromatic heterocycles. The van der Waals surface area contributed by atoms with Crippen LogP contribution in [-0.4, -0.2) is 11.8 Å². The number of hydrogen-bond donors (Lipinski definition) is 2. The lowest BCUT2D eigenvalue weighted by Gasteiger charge is -2.06. The molecular weight excluding hydrogens is 276 g/mol. The van der Waals surface area contributed by atoms with E-state index in [1.807, 2.05) is 61.5 Å². The molecule has 22 heavy (non-hydrogen) atoms. The van der Waals surface area contributed by atoms with Gasteiger partial charge in [0, 0.05) is 11.4 Å². The molecule has 1 saturated carbocycles. The molecule has 1 fully saturated rings. The van der Waals surface area contributed by atoms with Crippen molar-refractivity contribution < 1.29 is 9.59 Å². The van der Waals surface area contributed by atoms with Crippen molar-refractivity contribution in [1.29, 1.82) is 0 Å². The number of amides is 2. The average molecular weight is 294 g/mol. The van der Waals surface area contributed by atoms with Crippen LogP contribution in [0, 0.1) is 18.8 Å². The van der Waals surface area contributed by atoms with Gasteiger partial charge in [0.1, 0.15) is 0 Å². The van der Waals surface area contributed by atoms with Gasteiger partial charge in [0.05, 0.1) is 11.8 Å². The Morgan fingerprint density at radius 2 is 1.32 bits per heavy atom. The molecule has 2 atom stereocenters. The number of anilines is 2. The summed E-state index contributed by atoms with van der Waals surface area (Å²) >= 11 is 0.